The molecule has 5 rings (SSSR count). The molecule has 1 aromatic rings. The molecule has 0 aromatic heterocycles. The summed E-state index contributed by atoms with van der Waals surface area (Å²) < 4.78 is 11.4. The minimum Gasteiger partial charge on any atom is -0.497 e. The zero-order chi connectivity index (χ0) is 18.8. The molecule has 4 heterocycles. The van der Waals surface area contributed by atoms with Crippen LogP contribution in [0.15, 0.2) is 36.4 Å². The number of nitrogens with zero attached hydrogens (tertiary/aromatic N) is 2. The Kier molecular flexibility index (Phi) is 3.61. The molecule has 0 radical (unpaired) electrons. The number of likely N-dealkylation sites (tertiary alicyclic amines) is 2. The van der Waals surface area contributed by atoms with Crippen LogP contribution in [0, 0.1) is 11.8 Å². The Labute approximate surface area is 157 Å². The van der Waals surface area contributed by atoms with Crippen LogP contribution in [0.2, 0.25) is 0 Å². The lowest BCUT2D eigenvalue weighted by atomic mass is 9.76. The number of ether oxygens (including phenoxy) is 2. The van der Waals surface area contributed by atoms with Crippen molar-refractivity contribution >= 4 is 11.8 Å². The normalized spacial score (nSPS) is 34.1. The van der Waals surface area contributed by atoms with Gasteiger partial charge >= 0.3 is 0 Å². The Morgan fingerprint density at radius 3 is 2.96 bits per heavy atom. The number of rotatable bonds is 4. The van der Waals surface area contributed by atoms with Crippen molar-refractivity contribution < 1.29 is 24.2 Å². The Hall–Kier alpha value is -2.38. The molecule has 0 saturated carbocycles. The van der Waals surface area contributed by atoms with Crippen molar-refractivity contribution in [1.29, 1.82) is 0 Å². The molecule has 1 spiro atoms. The maximum absolute atomic E-state index is 13.2. The van der Waals surface area contributed by atoms with Crippen LogP contribution in [-0.2, 0) is 20.9 Å². The maximum atomic E-state index is 13.2. The second-order valence-corrected chi connectivity index (χ2v) is 7.84. The van der Waals surface area contributed by atoms with Gasteiger partial charge in [-0.3, -0.25) is 9.59 Å². The third-order valence-corrected chi connectivity index (χ3v) is 6.15. The molecule has 142 valence electrons. The van der Waals surface area contributed by atoms with Gasteiger partial charge in [-0.25, -0.2) is 0 Å². The average molecular weight is 370 g/mol. The highest BCUT2D eigenvalue weighted by Gasteiger charge is 2.67. The summed E-state index contributed by atoms with van der Waals surface area (Å²) in [6.07, 6.45) is 3.07. The zero-order valence-corrected chi connectivity index (χ0v) is 15.1. The highest BCUT2D eigenvalue weighted by Crippen LogP contribution is 2.52. The van der Waals surface area contributed by atoms with E-state index in [0.717, 1.165) is 11.3 Å². The van der Waals surface area contributed by atoms with Gasteiger partial charge in [-0.1, -0.05) is 24.3 Å². The van der Waals surface area contributed by atoms with E-state index in [4.69, 9.17) is 9.47 Å². The third-order valence-electron chi connectivity index (χ3n) is 6.15. The number of aliphatic hydroxyl groups is 1. The van der Waals surface area contributed by atoms with Crippen LogP contribution in [0.1, 0.15) is 5.56 Å². The van der Waals surface area contributed by atoms with E-state index in [1.807, 2.05) is 36.4 Å². The number of carbonyl (C=O) groups excluding carboxylic acids is 2. The Balaban J connectivity index is 1.38. The molecule has 4 aliphatic rings. The summed E-state index contributed by atoms with van der Waals surface area (Å²) in [5, 5.41) is 9.50. The SMILES string of the molecule is COc1cccc(CN2C[C@@]34C=C[C@@H](O3)C(C(=O)N3CC(O)C3)C4C2=O)c1. The molecule has 7 heteroatoms. The number of carbonyl (C=O) groups is 2. The standard InChI is InChI=1S/C20H22N2O5/c1-26-14-4-2-3-12(7-14)8-22-11-20-6-5-15(27-20)16(17(20)19(22)25)18(24)21-9-13(23)10-21/h2-7,13,15-17,23H,8-11H2,1H3/t15-,16?,17?,20-/m1/s1. The highest BCUT2D eigenvalue weighted by atomic mass is 16.5. The van der Waals surface area contributed by atoms with Crippen LogP contribution in [0.25, 0.3) is 0 Å². The van der Waals surface area contributed by atoms with E-state index in [9.17, 15) is 14.7 Å². The van der Waals surface area contributed by atoms with Gasteiger partial charge < -0.3 is 24.4 Å². The van der Waals surface area contributed by atoms with Gasteiger partial charge in [0.2, 0.25) is 11.8 Å². The molecule has 27 heavy (non-hydrogen) atoms. The first-order valence-electron chi connectivity index (χ1n) is 9.26. The Morgan fingerprint density at radius 1 is 1.41 bits per heavy atom. The van der Waals surface area contributed by atoms with Crippen molar-refractivity contribution in [2.24, 2.45) is 11.8 Å². The molecule has 0 aliphatic carbocycles. The second-order valence-electron chi connectivity index (χ2n) is 7.84. The summed E-state index contributed by atoms with van der Waals surface area (Å²) >= 11 is 0. The van der Waals surface area contributed by atoms with Gasteiger partial charge in [-0.05, 0) is 17.7 Å². The van der Waals surface area contributed by atoms with Crippen molar-refractivity contribution in [3.05, 3.63) is 42.0 Å². The van der Waals surface area contributed by atoms with Gasteiger partial charge in [0.15, 0.2) is 0 Å². The number of hydrogen-bond donors (Lipinski definition) is 1. The van der Waals surface area contributed by atoms with E-state index >= 15 is 0 Å². The lowest BCUT2D eigenvalue weighted by molar-refractivity contribution is -0.151. The molecule has 2 unspecified atom stereocenters. The Morgan fingerprint density at radius 2 is 2.22 bits per heavy atom. The van der Waals surface area contributed by atoms with Crippen LogP contribution >= 0.6 is 0 Å². The highest BCUT2D eigenvalue weighted by molar-refractivity contribution is 5.93. The quantitative estimate of drug-likeness (QED) is 0.765. The molecule has 4 aliphatic heterocycles. The number of fused-ring (bicyclic) bond motifs is 1. The predicted molar refractivity (Wildman–Crippen MR) is 94.7 cm³/mol. The first-order valence-corrected chi connectivity index (χ1v) is 9.26. The van der Waals surface area contributed by atoms with Crippen molar-refractivity contribution in [2.45, 2.75) is 24.4 Å². The Bertz CT molecular complexity index is 833. The van der Waals surface area contributed by atoms with Crippen molar-refractivity contribution in [3.8, 4) is 5.75 Å². The lowest BCUT2D eigenvalue weighted by Crippen LogP contribution is -2.57. The van der Waals surface area contributed by atoms with Gasteiger partial charge in [-0.2, -0.15) is 0 Å². The number of β-amino-alcohol motifs (C(OH)–C–C–N with tert-alkyl or cyclic N) is 1. The van der Waals surface area contributed by atoms with Crippen LogP contribution in [0.5, 0.6) is 5.75 Å². The number of amides is 2. The van der Waals surface area contributed by atoms with Gasteiger partial charge in [0.1, 0.15) is 11.4 Å². The summed E-state index contributed by atoms with van der Waals surface area (Å²) in [5.41, 5.74) is 0.274. The van der Waals surface area contributed by atoms with E-state index in [0.29, 0.717) is 26.2 Å². The van der Waals surface area contributed by atoms with E-state index in [-0.39, 0.29) is 17.9 Å². The minimum absolute atomic E-state index is 0.0379. The summed E-state index contributed by atoms with van der Waals surface area (Å²) in [7, 11) is 1.61. The van der Waals surface area contributed by atoms with Gasteiger partial charge in [0, 0.05) is 19.6 Å². The van der Waals surface area contributed by atoms with E-state index in [1.54, 1.807) is 16.9 Å². The monoisotopic (exact) mass is 370 g/mol. The molecule has 3 fully saturated rings. The zero-order valence-electron chi connectivity index (χ0n) is 15.1. The largest absolute Gasteiger partial charge is 0.497 e. The molecule has 1 aromatic carbocycles. The third kappa shape index (κ3) is 2.41. The molecule has 2 bridgehead atoms. The van der Waals surface area contributed by atoms with Crippen LogP contribution in [0.4, 0.5) is 0 Å². The molecule has 2 amide bonds. The van der Waals surface area contributed by atoms with E-state index < -0.39 is 23.5 Å². The molecule has 7 nitrogen and oxygen atoms in total. The van der Waals surface area contributed by atoms with E-state index in [2.05, 4.69) is 0 Å². The molecule has 4 atom stereocenters. The van der Waals surface area contributed by atoms with Gasteiger partial charge in [0.25, 0.3) is 0 Å². The molecular formula is C20H22N2O5. The number of aliphatic hydroxyl groups excluding tert-OH is 1. The minimum atomic E-state index is -0.704. The smallest absolute Gasteiger partial charge is 0.230 e. The summed E-state index contributed by atoms with van der Waals surface area (Å²) in [6.45, 7) is 1.59. The summed E-state index contributed by atoms with van der Waals surface area (Å²) in [5.74, 6) is -0.352. The first-order chi connectivity index (χ1) is 13.0. The van der Waals surface area contributed by atoms with E-state index in [1.165, 1.54) is 0 Å². The number of methoxy groups -OCH3 is 1. The number of hydrogen-bond acceptors (Lipinski definition) is 5. The topological polar surface area (TPSA) is 79.3 Å². The molecular weight excluding hydrogens is 348 g/mol. The fraction of sp³-hybridized carbons (Fsp3) is 0.500. The lowest BCUT2D eigenvalue weighted by Gasteiger charge is -2.39. The molecule has 1 N–H and O–H groups in total. The van der Waals surface area contributed by atoms with Gasteiger partial charge in [0.05, 0.1) is 37.7 Å². The average Bonchev–Trinajstić information content (AvgIpc) is 3.27. The summed E-state index contributed by atoms with van der Waals surface area (Å²) in [6, 6.07) is 7.64. The second kappa shape index (κ2) is 5.81. The van der Waals surface area contributed by atoms with Crippen molar-refractivity contribution in [3.63, 3.8) is 0 Å². The van der Waals surface area contributed by atoms with Crippen LogP contribution in [-0.4, -0.2) is 71.3 Å². The van der Waals surface area contributed by atoms with Crippen LogP contribution < -0.4 is 4.74 Å². The fourth-order valence-corrected chi connectivity index (χ4v) is 4.83. The van der Waals surface area contributed by atoms with Crippen molar-refractivity contribution in [1.82, 2.24) is 9.80 Å². The molecule has 3 saturated heterocycles. The van der Waals surface area contributed by atoms with Gasteiger partial charge in [-0.15, -0.1) is 0 Å². The predicted octanol–water partition coefficient (Wildman–Crippen LogP) is 0.180. The summed E-state index contributed by atoms with van der Waals surface area (Å²) in [4.78, 5) is 29.5. The van der Waals surface area contributed by atoms with Crippen molar-refractivity contribution in [2.75, 3.05) is 26.7 Å². The number of benzene rings is 1. The maximum Gasteiger partial charge on any atom is 0.230 e. The first kappa shape index (κ1) is 16.8. The van der Waals surface area contributed by atoms with Crippen LogP contribution in [0.3, 0.4) is 0 Å². The fourth-order valence-electron chi connectivity index (χ4n) is 4.83.